The summed E-state index contributed by atoms with van der Waals surface area (Å²) in [6, 6.07) is 5.74. The lowest BCUT2D eigenvalue weighted by molar-refractivity contribution is -0.136. The monoisotopic (exact) mass is 234 g/mol. The Kier molecular flexibility index (Phi) is 2.91. The van der Waals surface area contributed by atoms with Crippen LogP contribution >= 0.6 is 0 Å². The van der Waals surface area contributed by atoms with Crippen LogP contribution in [0.15, 0.2) is 41.2 Å². The first kappa shape index (κ1) is 11.3. The van der Waals surface area contributed by atoms with Crippen LogP contribution in [0.2, 0.25) is 0 Å². The van der Waals surface area contributed by atoms with Gasteiger partial charge in [-0.25, -0.2) is 9.18 Å². The molecule has 1 heterocycles. The van der Waals surface area contributed by atoms with Gasteiger partial charge in [0.25, 0.3) is 0 Å². The quantitative estimate of drug-likeness (QED) is 0.575. The Morgan fingerprint density at radius 1 is 1.29 bits per heavy atom. The highest BCUT2D eigenvalue weighted by Gasteiger charge is 2.26. The van der Waals surface area contributed by atoms with Gasteiger partial charge < -0.3 is 9.74 Å². The Bertz CT molecular complexity index is 504. The molecule has 0 atom stereocenters. The van der Waals surface area contributed by atoms with Gasteiger partial charge in [-0.1, -0.05) is 5.16 Å². The number of oxime groups is 1. The zero-order chi connectivity index (χ0) is 12.4. The molecule has 0 amide bonds. The van der Waals surface area contributed by atoms with Crippen molar-refractivity contribution < 1.29 is 14.0 Å². The van der Waals surface area contributed by atoms with E-state index in [0.717, 1.165) is 0 Å². The van der Waals surface area contributed by atoms with Crippen molar-refractivity contribution >= 4 is 11.7 Å². The maximum Gasteiger partial charge on any atom is 0.369 e. The molecule has 0 radical (unpaired) electrons. The van der Waals surface area contributed by atoms with Gasteiger partial charge in [-0.05, 0) is 24.3 Å². The lowest BCUT2D eigenvalue weighted by atomic mass is 10.0. The normalized spacial score (nSPS) is 17.0. The Morgan fingerprint density at radius 3 is 2.53 bits per heavy atom. The maximum atomic E-state index is 12.8. The Labute approximate surface area is 98.0 Å². The minimum absolute atomic E-state index is 0.335. The predicted molar refractivity (Wildman–Crippen MR) is 60.8 cm³/mol. The number of carbonyl (C=O) groups is 1. The van der Waals surface area contributed by atoms with Crippen LogP contribution in [-0.4, -0.2) is 30.7 Å². The summed E-state index contributed by atoms with van der Waals surface area (Å²) in [4.78, 5) is 17.8. The van der Waals surface area contributed by atoms with E-state index in [0.29, 0.717) is 16.8 Å². The second-order valence-corrected chi connectivity index (χ2v) is 3.83. The number of hydrogen-bond donors (Lipinski definition) is 0. The van der Waals surface area contributed by atoms with Gasteiger partial charge in [0.2, 0.25) is 0 Å². The van der Waals surface area contributed by atoms with Gasteiger partial charge in [0, 0.05) is 25.9 Å². The first-order valence-electron chi connectivity index (χ1n) is 5.02. The summed E-state index contributed by atoms with van der Waals surface area (Å²) in [5.74, 6) is -0.837. The molecule has 1 aromatic carbocycles. The second-order valence-electron chi connectivity index (χ2n) is 3.83. The fraction of sp³-hybridized carbons (Fsp3) is 0.167. The van der Waals surface area contributed by atoms with E-state index in [1.807, 2.05) is 0 Å². The molecule has 0 aromatic heterocycles. The van der Waals surface area contributed by atoms with Crippen LogP contribution in [-0.2, 0) is 9.63 Å². The Hall–Kier alpha value is -2.17. The molecule has 1 aliphatic rings. The number of carbonyl (C=O) groups excluding carboxylic acids is 1. The summed E-state index contributed by atoms with van der Waals surface area (Å²) < 4.78 is 12.8. The van der Waals surface area contributed by atoms with E-state index in [-0.39, 0.29) is 5.82 Å². The molecule has 0 bridgehead atoms. The lowest BCUT2D eigenvalue weighted by Gasteiger charge is -2.06. The predicted octanol–water partition coefficient (Wildman–Crippen LogP) is 1.53. The van der Waals surface area contributed by atoms with E-state index in [4.69, 9.17) is 0 Å². The summed E-state index contributed by atoms with van der Waals surface area (Å²) in [7, 11) is 3.59. The summed E-state index contributed by atoms with van der Waals surface area (Å²) in [5, 5.41) is 3.70. The molecule has 4 nitrogen and oxygen atoms in total. The SMILES string of the molecule is CN(C)/C=C1\C(=O)ON=C1c1ccc(F)cc1. The molecule has 0 saturated heterocycles. The second kappa shape index (κ2) is 4.37. The van der Waals surface area contributed by atoms with Gasteiger partial charge in [-0.3, -0.25) is 0 Å². The minimum Gasteiger partial charge on any atom is -0.383 e. The molecule has 0 saturated carbocycles. The molecule has 0 spiro atoms. The average Bonchev–Trinajstić information content (AvgIpc) is 2.61. The molecule has 0 aliphatic carbocycles. The van der Waals surface area contributed by atoms with Crippen molar-refractivity contribution in [2.45, 2.75) is 0 Å². The van der Waals surface area contributed by atoms with E-state index in [9.17, 15) is 9.18 Å². The summed E-state index contributed by atoms with van der Waals surface area (Å²) in [6.07, 6.45) is 1.62. The lowest BCUT2D eigenvalue weighted by Crippen LogP contribution is -2.12. The fourth-order valence-corrected chi connectivity index (χ4v) is 1.47. The van der Waals surface area contributed by atoms with E-state index in [2.05, 4.69) is 9.99 Å². The molecule has 2 rings (SSSR count). The Balaban J connectivity index is 2.38. The van der Waals surface area contributed by atoms with Crippen molar-refractivity contribution in [2.24, 2.45) is 5.16 Å². The molecule has 5 heteroatoms. The molecular formula is C12H11FN2O2. The number of nitrogens with zero attached hydrogens (tertiary/aromatic N) is 2. The molecule has 88 valence electrons. The average molecular weight is 234 g/mol. The first-order chi connectivity index (χ1) is 8.08. The highest BCUT2D eigenvalue weighted by atomic mass is 19.1. The largest absolute Gasteiger partial charge is 0.383 e. The van der Waals surface area contributed by atoms with Crippen LogP contribution < -0.4 is 0 Å². The van der Waals surface area contributed by atoms with Gasteiger partial charge >= 0.3 is 5.97 Å². The zero-order valence-corrected chi connectivity index (χ0v) is 9.48. The Morgan fingerprint density at radius 2 is 1.94 bits per heavy atom. The maximum absolute atomic E-state index is 12.8. The number of rotatable bonds is 2. The van der Waals surface area contributed by atoms with E-state index in [1.165, 1.54) is 12.1 Å². The van der Waals surface area contributed by atoms with Crippen molar-refractivity contribution in [3.05, 3.63) is 47.4 Å². The van der Waals surface area contributed by atoms with Crippen LogP contribution in [0.5, 0.6) is 0 Å². The third kappa shape index (κ3) is 2.33. The molecular weight excluding hydrogens is 223 g/mol. The third-order valence-electron chi connectivity index (χ3n) is 2.20. The van der Waals surface area contributed by atoms with E-state index in [1.54, 1.807) is 37.3 Å². The summed E-state index contributed by atoms with van der Waals surface area (Å²) in [6.45, 7) is 0. The van der Waals surface area contributed by atoms with Gasteiger partial charge in [0.1, 0.15) is 17.1 Å². The molecule has 0 N–H and O–H groups in total. The van der Waals surface area contributed by atoms with Crippen LogP contribution in [0, 0.1) is 5.82 Å². The molecule has 1 aromatic rings. The van der Waals surface area contributed by atoms with Crippen molar-refractivity contribution in [1.29, 1.82) is 0 Å². The minimum atomic E-state index is -0.502. The van der Waals surface area contributed by atoms with Crippen LogP contribution in [0.4, 0.5) is 4.39 Å². The molecule has 0 fully saturated rings. The molecule has 1 aliphatic heterocycles. The molecule has 0 unspecified atom stereocenters. The van der Waals surface area contributed by atoms with E-state index < -0.39 is 5.97 Å². The standard InChI is InChI=1S/C12H11FN2O2/c1-15(2)7-10-11(14-17-12(10)16)8-3-5-9(13)6-4-8/h3-7H,1-2H3/b10-7-. The number of benzene rings is 1. The topological polar surface area (TPSA) is 41.9 Å². The van der Waals surface area contributed by atoms with Crippen LogP contribution in [0.1, 0.15) is 5.56 Å². The highest BCUT2D eigenvalue weighted by Crippen LogP contribution is 2.18. The van der Waals surface area contributed by atoms with Gasteiger partial charge in [-0.15, -0.1) is 0 Å². The number of hydrogen-bond acceptors (Lipinski definition) is 4. The third-order valence-corrected chi connectivity index (χ3v) is 2.20. The van der Waals surface area contributed by atoms with Crippen molar-refractivity contribution in [3.63, 3.8) is 0 Å². The summed E-state index contributed by atoms with van der Waals surface area (Å²) in [5.41, 5.74) is 1.43. The van der Waals surface area contributed by atoms with Crippen molar-refractivity contribution in [2.75, 3.05) is 14.1 Å². The van der Waals surface area contributed by atoms with Crippen molar-refractivity contribution in [3.8, 4) is 0 Å². The smallest absolute Gasteiger partial charge is 0.369 e. The molecule has 17 heavy (non-hydrogen) atoms. The van der Waals surface area contributed by atoms with Gasteiger partial charge in [0.05, 0.1) is 0 Å². The van der Waals surface area contributed by atoms with E-state index >= 15 is 0 Å². The zero-order valence-electron chi connectivity index (χ0n) is 9.48. The highest BCUT2D eigenvalue weighted by molar-refractivity contribution is 6.28. The van der Waals surface area contributed by atoms with Gasteiger partial charge in [0.15, 0.2) is 0 Å². The van der Waals surface area contributed by atoms with Crippen LogP contribution in [0.25, 0.3) is 0 Å². The van der Waals surface area contributed by atoms with Gasteiger partial charge in [-0.2, -0.15) is 0 Å². The van der Waals surface area contributed by atoms with Crippen molar-refractivity contribution in [1.82, 2.24) is 4.90 Å². The number of halogens is 1. The first-order valence-corrected chi connectivity index (χ1v) is 5.02. The summed E-state index contributed by atoms with van der Waals surface area (Å²) >= 11 is 0. The fourth-order valence-electron chi connectivity index (χ4n) is 1.47. The van der Waals surface area contributed by atoms with Crippen LogP contribution in [0.3, 0.4) is 0 Å².